The Morgan fingerprint density at radius 2 is 1.86 bits per heavy atom. The van der Waals surface area contributed by atoms with Gasteiger partial charge in [-0.3, -0.25) is 14.7 Å². The van der Waals surface area contributed by atoms with Crippen molar-refractivity contribution in [3.05, 3.63) is 11.4 Å². The normalized spacial score (nSPS) is 22.4. The van der Waals surface area contributed by atoms with Crippen LogP contribution in [0.15, 0.2) is 4.90 Å². The lowest BCUT2D eigenvalue weighted by Gasteiger charge is -2.37. The number of aromatic nitrogens is 2. The molecule has 2 fully saturated rings. The number of H-pyrrole nitrogens is 1. The summed E-state index contributed by atoms with van der Waals surface area (Å²) in [5, 5.41) is 6.71. The Hall–Kier alpha value is -1.94. The number of nitrogens with one attached hydrogen (secondary N) is 1. The van der Waals surface area contributed by atoms with Crippen LogP contribution in [0.25, 0.3) is 0 Å². The predicted molar refractivity (Wildman–Crippen MR) is 103 cm³/mol. The number of rotatable bonds is 5. The number of amides is 2. The summed E-state index contributed by atoms with van der Waals surface area (Å²) < 4.78 is 27.6. The number of carbonyl (C=O) groups is 2. The highest BCUT2D eigenvalue weighted by molar-refractivity contribution is 7.89. The van der Waals surface area contributed by atoms with Crippen LogP contribution in [-0.4, -0.2) is 65.8 Å². The van der Waals surface area contributed by atoms with E-state index in [0.717, 1.165) is 12.8 Å². The van der Waals surface area contributed by atoms with Crippen LogP contribution in [0.5, 0.6) is 0 Å². The molecule has 0 saturated carbocycles. The van der Waals surface area contributed by atoms with Gasteiger partial charge in [-0.2, -0.15) is 9.40 Å². The summed E-state index contributed by atoms with van der Waals surface area (Å²) in [6.07, 6.45) is 3.23. The average molecular weight is 412 g/mol. The lowest BCUT2D eigenvalue weighted by atomic mass is 9.91. The molecule has 2 aliphatic rings. The smallest absolute Gasteiger partial charge is 0.246 e. The fourth-order valence-corrected chi connectivity index (χ4v) is 6.17. The van der Waals surface area contributed by atoms with Crippen LogP contribution in [0, 0.1) is 25.7 Å². The van der Waals surface area contributed by atoms with Crippen molar-refractivity contribution in [1.29, 1.82) is 0 Å². The monoisotopic (exact) mass is 411 g/mol. The number of carbonyl (C=O) groups excluding carboxylic acids is 2. The molecular formula is C18H29N5O4S. The first-order valence-electron chi connectivity index (χ1n) is 9.79. The van der Waals surface area contributed by atoms with Crippen molar-refractivity contribution in [2.45, 2.75) is 50.8 Å². The van der Waals surface area contributed by atoms with E-state index in [-0.39, 0.29) is 35.1 Å². The molecule has 0 aromatic carbocycles. The van der Waals surface area contributed by atoms with Gasteiger partial charge in [0.25, 0.3) is 0 Å². The maximum atomic E-state index is 13.1. The minimum Gasteiger partial charge on any atom is -0.370 e. The predicted octanol–water partition coefficient (Wildman–Crippen LogP) is 0.541. The van der Waals surface area contributed by atoms with E-state index in [4.69, 9.17) is 5.73 Å². The summed E-state index contributed by atoms with van der Waals surface area (Å²) in [6.45, 7) is 5.16. The zero-order valence-corrected chi connectivity index (χ0v) is 17.3. The average Bonchev–Trinajstić information content (AvgIpc) is 3.00. The van der Waals surface area contributed by atoms with E-state index >= 15 is 0 Å². The maximum absolute atomic E-state index is 13.1. The molecule has 9 nitrogen and oxygen atoms in total. The molecular weight excluding hydrogens is 382 g/mol. The van der Waals surface area contributed by atoms with Gasteiger partial charge in [0.05, 0.1) is 17.3 Å². The van der Waals surface area contributed by atoms with E-state index in [0.29, 0.717) is 50.3 Å². The summed E-state index contributed by atoms with van der Waals surface area (Å²) in [6, 6.07) is 0. The number of likely N-dealkylation sites (tertiary alicyclic amines) is 1. The number of aromatic amines is 1. The Kier molecular flexibility index (Phi) is 6.09. The second kappa shape index (κ2) is 8.20. The molecule has 156 valence electrons. The van der Waals surface area contributed by atoms with Crippen molar-refractivity contribution in [2.24, 2.45) is 17.6 Å². The summed E-state index contributed by atoms with van der Waals surface area (Å²) in [5.74, 6) is -0.388. The van der Waals surface area contributed by atoms with Gasteiger partial charge in [-0.1, -0.05) is 0 Å². The SMILES string of the molecule is Cc1n[nH]c(C)c1S(=O)(=O)N1CCC[C@H](C(=O)N2CCC(CC(N)=O)CC2)C1. The molecule has 0 spiro atoms. The van der Waals surface area contributed by atoms with Crippen molar-refractivity contribution in [1.82, 2.24) is 19.4 Å². The Morgan fingerprint density at radius 3 is 2.43 bits per heavy atom. The maximum Gasteiger partial charge on any atom is 0.246 e. The molecule has 0 aliphatic carbocycles. The molecule has 3 N–H and O–H groups in total. The first kappa shape index (κ1) is 20.8. The second-order valence-corrected chi connectivity index (χ2v) is 9.78. The molecule has 2 aliphatic heterocycles. The molecule has 0 radical (unpaired) electrons. The van der Waals surface area contributed by atoms with Gasteiger partial charge in [0.1, 0.15) is 4.90 Å². The first-order chi connectivity index (χ1) is 13.2. The Balaban J connectivity index is 1.65. The van der Waals surface area contributed by atoms with Gasteiger partial charge < -0.3 is 10.6 Å². The number of aryl methyl sites for hydroxylation is 2. The molecule has 2 amide bonds. The molecule has 2 saturated heterocycles. The zero-order valence-electron chi connectivity index (χ0n) is 16.5. The Bertz CT molecular complexity index is 823. The molecule has 0 bridgehead atoms. The van der Waals surface area contributed by atoms with Gasteiger partial charge in [0, 0.05) is 32.6 Å². The molecule has 1 aromatic heterocycles. The molecule has 3 rings (SSSR count). The summed E-state index contributed by atoms with van der Waals surface area (Å²) in [5.41, 5.74) is 6.23. The quantitative estimate of drug-likeness (QED) is 0.730. The largest absolute Gasteiger partial charge is 0.370 e. The van der Waals surface area contributed by atoms with E-state index in [1.54, 1.807) is 13.8 Å². The van der Waals surface area contributed by atoms with Gasteiger partial charge >= 0.3 is 0 Å². The number of hydrogen-bond donors (Lipinski definition) is 2. The molecule has 3 heterocycles. The van der Waals surface area contributed by atoms with Crippen LogP contribution in [0.2, 0.25) is 0 Å². The summed E-state index contributed by atoms with van der Waals surface area (Å²) >= 11 is 0. The minimum atomic E-state index is -3.68. The van der Waals surface area contributed by atoms with Crippen molar-refractivity contribution >= 4 is 21.8 Å². The van der Waals surface area contributed by atoms with Gasteiger partial charge in [0.2, 0.25) is 21.8 Å². The highest BCUT2D eigenvalue weighted by Gasteiger charge is 2.37. The van der Waals surface area contributed by atoms with Crippen LogP contribution < -0.4 is 5.73 Å². The second-order valence-electron chi connectivity index (χ2n) is 7.90. The lowest BCUT2D eigenvalue weighted by Crippen LogP contribution is -2.48. The lowest BCUT2D eigenvalue weighted by molar-refractivity contribution is -0.138. The van der Waals surface area contributed by atoms with E-state index in [2.05, 4.69) is 10.2 Å². The summed E-state index contributed by atoms with van der Waals surface area (Å²) in [4.78, 5) is 26.1. The number of piperidine rings is 2. The van der Waals surface area contributed by atoms with Crippen molar-refractivity contribution < 1.29 is 18.0 Å². The number of hydrogen-bond acceptors (Lipinski definition) is 5. The highest BCUT2D eigenvalue weighted by atomic mass is 32.2. The fraction of sp³-hybridized carbons (Fsp3) is 0.722. The standard InChI is InChI=1S/C18H29N5O4S/c1-12-17(13(2)21-20-12)28(26,27)23-7-3-4-15(11-23)18(25)22-8-5-14(6-9-22)10-16(19)24/h14-15H,3-11H2,1-2H3,(H2,19,24)(H,20,21)/t15-/m0/s1. The van der Waals surface area contributed by atoms with E-state index in [9.17, 15) is 18.0 Å². The minimum absolute atomic E-state index is 0.0121. The molecule has 1 aromatic rings. The van der Waals surface area contributed by atoms with Gasteiger partial charge in [0.15, 0.2) is 0 Å². The van der Waals surface area contributed by atoms with Crippen LogP contribution >= 0.6 is 0 Å². The van der Waals surface area contributed by atoms with Crippen molar-refractivity contribution in [3.8, 4) is 0 Å². The molecule has 10 heteroatoms. The number of sulfonamides is 1. The van der Waals surface area contributed by atoms with Gasteiger partial charge in [-0.05, 0) is 45.4 Å². The highest BCUT2D eigenvalue weighted by Crippen LogP contribution is 2.29. The third-order valence-electron chi connectivity index (χ3n) is 5.81. The summed E-state index contributed by atoms with van der Waals surface area (Å²) in [7, 11) is -3.68. The first-order valence-corrected chi connectivity index (χ1v) is 11.2. The third kappa shape index (κ3) is 4.22. The molecule has 1 atom stereocenters. The zero-order chi connectivity index (χ0) is 20.5. The van der Waals surface area contributed by atoms with Gasteiger partial charge in [-0.25, -0.2) is 8.42 Å². The van der Waals surface area contributed by atoms with E-state index in [1.165, 1.54) is 4.31 Å². The topological polar surface area (TPSA) is 129 Å². The van der Waals surface area contributed by atoms with Crippen LogP contribution in [0.3, 0.4) is 0 Å². The number of primary amides is 1. The third-order valence-corrected chi connectivity index (χ3v) is 7.94. The van der Waals surface area contributed by atoms with Crippen LogP contribution in [0.4, 0.5) is 0 Å². The van der Waals surface area contributed by atoms with E-state index < -0.39 is 10.0 Å². The fourth-order valence-electron chi connectivity index (χ4n) is 4.31. The van der Waals surface area contributed by atoms with Crippen molar-refractivity contribution in [3.63, 3.8) is 0 Å². The Labute approximate surface area is 165 Å². The van der Waals surface area contributed by atoms with Crippen LogP contribution in [-0.2, 0) is 19.6 Å². The van der Waals surface area contributed by atoms with E-state index in [1.807, 2.05) is 4.90 Å². The van der Waals surface area contributed by atoms with Crippen LogP contribution in [0.1, 0.15) is 43.5 Å². The molecule has 0 unspecified atom stereocenters. The Morgan fingerprint density at radius 1 is 1.18 bits per heavy atom. The van der Waals surface area contributed by atoms with Crippen molar-refractivity contribution in [2.75, 3.05) is 26.2 Å². The molecule has 28 heavy (non-hydrogen) atoms. The van der Waals surface area contributed by atoms with Gasteiger partial charge in [-0.15, -0.1) is 0 Å². The number of nitrogens with zero attached hydrogens (tertiary/aromatic N) is 3. The number of nitrogens with two attached hydrogens (primary N) is 1.